The summed E-state index contributed by atoms with van der Waals surface area (Å²) in [6.07, 6.45) is 0.864. The van der Waals surface area contributed by atoms with Gasteiger partial charge in [0.25, 0.3) is 5.91 Å². The molecule has 0 aliphatic rings. The monoisotopic (exact) mass is 390 g/mol. The SMILES string of the molecule is CCC(CBr)(CBr)NC(=O)c1cccc(N(C)C)c1. The van der Waals surface area contributed by atoms with E-state index in [0.29, 0.717) is 5.56 Å². The van der Waals surface area contributed by atoms with Crippen LogP contribution in [0.5, 0.6) is 0 Å². The number of alkyl halides is 2. The fraction of sp³-hybridized carbons (Fsp3) is 0.500. The van der Waals surface area contributed by atoms with E-state index in [0.717, 1.165) is 22.8 Å². The lowest BCUT2D eigenvalue weighted by Gasteiger charge is -2.30. The van der Waals surface area contributed by atoms with Gasteiger partial charge in [-0.05, 0) is 24.6 Å². The quantitative estimate of drug-likeness (QED) is 0.753. The lowest BCUT2D eigenvalue weighted by molar-refractivity contribution is 0.0915. The molecule has 0 unspecified atom stereocenters. The van der Waals surface area contributed by atoms with Crippen molar-refractivity contribution in [2.45, 2.75) is 18.9 Å². The third-order valence-electron chi connectivity index (χ3n) is 3.19. The summed E-state index contributed by atoms with van der Waals surface area (Å²) < 4.78 is 0. The van der Waals surface area contributed by atoms with E-state index in [4.69, 9.17) is 0 Å². The highest BCUT2D eigenvalue weighted by Crippen LogP contribution is 2.19. The number of nitrogens with one attached hydrogen (secondary N) is 1. The topological polar surface area (TPSA) is 32.3 Å². The molecule has 0 saturated heterocycles. The fourth-order valence-electron chi connectivity index (χ4n) is 1.62. The van der Waals surface area contributed by atoms with E-state index in [1.165, 1.54) is 0 Å². The summed E-state index contributed by atoms with van der Waals surface area (Å²) >= 11 is 6.96. The highest BCUT2D eigenvalue weighted by Gasteiger charge is 2.28. The zero-order valence-electron chi connectivity index (χ0n) is 11.5. The minimum absolute atomic E-state index is 0.0375. The van der Waals surface area contributed by atoms with Crippen LogP contribution in [0.1, 0.15) is 23.7 Å². The van der Waals surface area contributed by atoms with Crippen LogP contribution in [0.2, 0.25) is 0 Å². The third kappa shape index (κ3) is 4.21. The zero-order chi connectivity index (χ0) is 14.5. The van der Waals surface area contributed by atoms with E-state index in [1.807, 2.05) is 43.3 Å². The Balaban J connectivity index is 2.91. The van der Waals surface area contributed by atoms with E-state index < -0.39 is 0 Å². The van der Waals surface area contributed by atoms with Gasteiger partial charge in [0.05, 0.1) is 5.54 Å². The molecule has 1 aromatic carbocycles. The zero-order valence-corrected chi connectivity index (χ0v) is 14.7. The largest absolute Gasteiger partial charge is 0.378 e. The van der Waals surface area contributed by atoms with Gasteiger partial charge in [-0.3, -0.25) is 4.79 Å². The van der Waals surface area contributed by atoms with E-state index in [1.54, 1.807) is 0 Å². The Kier molecular flexibility index (Phi) is 6.33. The molecule has 1 amide bonds. The normalized spacial score (nSPS) is 11.2. The number of halogens is 2. The average molecular weight is 392 g/mol. The molecule has 0 aliphatic carbocycles. The standard InChI is InChI=1S/C14H20Br2N2O/c1-4-14(9-15,10-16)17-13(19)11-6-5-7-12(8-11)18(2)3/h5-8H,4,9-10H2,1-3H3,(H,17,19). The second-order valence-electron chi connectivity index (χ2n) is 4.80. The third-order valence-corrected chi connectivity index (χ3v) is 5.34. The summed E-state index contributed by atoms with van der Waals surface area (Å²) in [5.41, 5.74) is 1.46. The van der Waals surface area contributed by atoms with Gasteiger partial charge >= 0.3 is 0 Å². The number of carbonyl (C=O) groups excluding carboxylic acids is 1. The minimum Gasteiger partial charge on any atom is -0.378 e. The first-order chi connectivity index (χ1) is 8.98. The van der Waals surface area contributed by atoms with Gasteiger partial charge in [0.1, 0.15) is 0 Å². The molecule has 1 aromatic rings. The average Bonchev–Trinajstić information content (AvgIpc) is 2.45. The van der Waals surface area contributed by atoms with Gasteiger partial charge in [-0.15, -0.1) is 0 Å². The molecule has 5 heteroatoms. The van der Waals surface area contributed by atoms with Crippen LogP contribution in [-0.4, -0.2) is 36.2 Å². The molecule has 0 spiro atoms. The van der Waals surface area contributed by atoms with E-state index in [9.17, 15) is 4.79 Å². The highest BCUT2D eigenvalue weighted by atomic mass is 79.9. The Morgan fingerprint density at radius 3 is 2.42 bits per heavy atom. The summed E-state index contributed by atoms with van der Waals surface area (Å²) in [5, 5.41) is 4.56. The number of rotatable bonds is 6. The number of hydrogen-bond donors (Lipinski definition) is 1. The van der Waals surface area contributed by atoms with Crippen molar-refractivity contribution in [3.63, 3.8) is 0 Å². The first-order valence-corrected chi connectivity index (χ1v) is 8.44. The van der Waals surface area contributed by atoms with Gasteiger partial charge in [0.2, 0.25) is 0 Å². The van der Waals surface area contributed by atoms with E-state index in [-0.39, 0.29) is 11.4 Å². The van der Waals surface area contributed by atoms with Crippen molar-refractivity contribution in [1.82, 2.24) is 5.32 Å². The van der Waals surface area contributed by atoms with Crippen molar-refractivity contribution in [2.75, 3.05) is 29.7 Å². The highest BCUT2D eigenvalue weighted by molar-refractivity contribution is 9.09. The van der Waals surface area contributed by atoms with Crippen LogP contribution in [0.3, 0.4) is 0 Å². The lowest BCUT2D eigenvalue weighted by atomic mass is 10.0. The predicted octanol–water partition coefficient (Wildman–Crippen LogP) is 3.42. The Morgan fingerprint density at radius 1 is 1.32 bits per heavy atom. The molecule has 0 fully saturated rings. The number of benzene rings is 1. The van der Waals surface area contributed by atoms with Gasteiger partial charge < -0.3 is 10.2 Å². The van der Waals surface area contributed by atoms with Crippen LogP contribution in [-0.2, 0) is 0 Å². The Labute approximate surface area is 132 Å². The fourth-order valence-corrected chi connectivity index (χ4v) is 3.62. The number of nitrogens with zero attached hydrogens (tertiary/aromatic N) is 1. The van der Waals surface area contributed by atoms with Crippen LogP contribution in [0.25, 0.3) is 0 Å². The Bertz CT molecular complexity index is 423. The van der Waals surface area contributed by atoms with Crippen LogP contribution in [0, 0.1) is 0 Å². The summed E-state index contributed by atoms with van der Waals surface area (Å²) in [7, 11) is 3.93. The first-order valence-electron chi connectivity index (χ1n) is 6.20. The van der Waals surface area contributed by atoms with Gasteiger partial charge in [-0.25, -0.2) is 0 Å². The second kappa shape index (κ2) is 7.29. The molecule has 0 aromatic heterocycles. The van der Waals surface area contributed by atoms with Gasteiger partial charge in [-0.2, -0.15) is 0 Å². The smallest absolute Gasteiger partial charge is 0.251 e. The number of anilines is 1. The lowest BCUT2D eigenvalue weighted by Crippen LogP contribution is -2.51. The molecule has 0 heterocycles. The maximum absolute atomic E-state index is 12.3. The number of amides is 1. The summed E-state index contributed by atoms with van der Waals surface area (Å²) in [4.78, 5) is 14.3. The maximum Gasteiger partial charge on any atom is 0.251 e. The molecule has 0 atom stereocenters. The molecule has 0 saturated carbocycles. The maximum atomic E-state index is 12.3. The Morgan fingerprint density at radius 2 is 1.95 bits per heavy atom. The molecular weight excluding hydrogens is 372 g/mol. The van der Waals surface area contributed by atoms with Crippen molar-refractivity contribution in [3.8, 4) is 0 Å². The van der Waals surface area contributed by atoms with Crippen molar-refractivity contribution in [3.05, 3.63) is 29.8 Å². The summed E-state index contributed by atoms with van der Waals surface area (Å²) in [6, 6.07) is 7.63. The molecule has 3 nitrogen and oxygen atoms in total. The van der Waals surface area contributed by atoms with Crippen molar-refractivity contribution < 1.29 is 4.79 Å². The minimum atomic E-state index is -0.245. The van der Waals surface area contributed by atoms with Crippen molar-refractivity contribution in [2.24, 2.45) is 0 Å². The predicted molar refractivity (Wildman–Crippen MR) is 88.8 cm³/mol. The second-order valence-corrected chi connectivity index (χ2v) is 5.92. The van der Waals surface area contributed by atoms with Gasteiger partial charge in [0.15, 0.2) is 0 Å². The van der Waals surface area contributed by atoms with Crippen LogP contribution >= 0.6 is 31.9 Å². The molecule has 0 aliphatic heterocycles. The molecule has 19 heavy (non-hydrogen) atoms. The van der Waals surface area contributed by atoms with E-state index in [2.05, 4.69) is 44.1 Å². The van der Waals surface area contributed by atoms with Crippen LogP contribution in [0.15, 0.2) is 24.3 Å². The summed E-state index contributed by atoms with van der Waals surface area (Å²) in [6.45, 7) is 2.07. The molecule has 1 N–H and O–H groups in total. The first kappa shape index (κ1) is 16.5. The van der Waals surface area contributed by atoms with Gasteiger partial charge in [0, 0.05) is 36.0 Å². The molecular formula is C14H20Br2N2O. The molecule has 0 radical (unpaired) electrons. The van der Waals surface area contributed by atoms with Crippen molar-refractivity contribution >= 4 is 43.5 Å². The van der Waals surface area contributed by atoms with Gasteiger partial charge in [-0.1, -0.05) is 44.8 Å². The molecule has 1 rings (SSSR count). The van der Waals surface area contributed by atoms with Crippen LogP contribution in [0.4, 0.5) is 5.69 Å². The molecule has 0 bridgehead atoms. The Hall–Kier alpha value is -0.550. The van der Waals surface area contributed by atoms with Crippen LogP contribution < -0.4 is 10.2 Å². The van der Waals surface area contributed by atoms with E-state index >= 15 is 0 Å². The number of hydrogen-bond acceptors (Lipinski definition) is 2. The molecule has 106 valence electrons. The summed E-state index contributed by atoms with van der Waals surface area (Å²) in [5.74, 6) is -0.0375. The number of carbonyl (C=O) groups is 1. The van der Waals surface area contributed by atoms with Crippen molar-refractivity contribution in [1.29, 1.82) is 0 Å².